The van der Waals surface area contributed by atoms with Crippen molar-refractivity contribution in [3.63, 3.8) is 0 Å². The highest BCUT2D eigenvalue weighted by atomic mass is 32.2. The maximum atomic E-state index is 12.5. The molecule has 0 aromatic heterocycles. The normalized spacial score (nSPS) is 14.7. The number of hydrogen-bond donors (Lipinski definition) is 1. The maximum absolute atomic E-state index is 12.5. The minimum absolute atomic E-state index is 0.0101. The average molecular weight is 774 g/mol. The van der Waals surface area contributed by atoms with Gasteiger partial charge in [0.25, 0.3) is 10.0 Å². The van der Waals surface area contributed by atoms with Gasteiger partial charge in [-0.2, -0.15) is 4.31 Å². The van der Waals surface area contributed by atoms with Crippen LogP contribution < -0.4 is 5.14 Å². The highest BCUT2D eigenvalue weighted by Gasteiger charge is 2.45. The molecule has 2 atom stereocenters. The Labute approximate surface area is 313 Å². The third kappa shape index (κ3) is 13.1. The molecule has 5 aromatic rings. The van der Waals surface area contributed by atoms with Gasteiger partial charge in [0, 0.05) is 16.0 Å². The van der Waals surface area contributed by atoms with Gasteiger partial charge in [0.1, 0.15) is 0 Å². The Morgan fingerprint density at radius 2 is 0.981 bits per heavy atom. The number of primary sulfonamides is 1. The summed E-state index contributed by atoms with van der Waals surface area (Å²) in [7, 11) is -10.7. The summed E-state index contributed by atoms with van der Waals surface area (Å²) in [6.07, 6.45) is 1.85. The smallest absolute Gasteiger partial charge is 0.225 e. The van der Waals surface area contributed by atoms with Crippen molar-refractivity contribution >= 4 is 36.1 Å². The molecular formula is C39H43N5O6S3. The average Bonchev–Trinajstić information content (AvgIpc) is 3.92. The molecule has 0 aliphatic carbocycles. The molecule has 0 radical (unpaired) electrons. The molecule has 1 aliphatic rings. The minimum atomic E-state index is -3.82. The van der Waals surface area contributed by atoms with Crippen LogP contribution in [0.25, 0.3) is 16.5 Å². The van der Waals surface area contributed by atoms with Gasteiger partial charge in [-0.05, 0) is 87.7 Å². The van der Waals surface area contributed by atoms with Crippen LogP contribution in [0.15, 0.2) is 147 Å². The lowest BCUT2D eigenvalue weighted by Crippen LogP contribution is -2.12. The van der Waals surface area contributed by atoms with Gasteiger partial charge in [0.15, 0.2) is 0 Å². The van der Waals surface area contributed by atoms with Crippen molar-refractivity contribution in [3.8, 4) is 0 Å². The molecule has 0 spiro atoms. The third-order valence-electron chi connectivity index (χ3n) is 7.78. The Morgan fingerprint density at radius 3 is 1.36 bits per heavy atom. The van der Waals surface area contributed by atoms with Gasteiger partial charge >= 0.3 is 0 Å². The first kappa shape index (κ1) is 42.3. The Kier molecular flexibility index (Phi) is 14.9. The highest BCUT2D eigenvalue weighted by molar-refractivity contribution is 7.90. The van der Waals surface area contributed by atoms with Crippen LogP contribution in [0.3, 0.4) is 0 Å². The SMILES string of the molecule is C=Cc1ccc(C)cc1.Cc1ccc(C2CN2S(=O)(=O)c2ccc(C)cc2)cc1.Cc1ccc(S(=O)(=O)N=[N+]=[N-])cc1.Cc1ccc(S(N)(=O)=O)cc1. The lowest BCUT2D eigenvalue weighted by Gasteiger charge is -2.07. The van der Waals surface area contributed by atoms with E-state index < -0.39 is 30.1 Å². The van der Waals surface area contributed by atoms with Gasteiger partial charge in [-0.15, -0.1) is 0 Å². The van der Waals surface area contributed by atoms with E-state index in [0.717, 1.165) is 22.3 Å². The molecule has 1 heterocycles. The fraction of sp³-hybridized carbons (Fsp3) is 0.179. The number of azide groups is 1. The summed E-state index contributed by atoms with van der Waals surface area (Å²) >= 11 is 0. The summed E-state index contributed by atoms with van der Waals surface area (Å²) in [4.78, 5) is 2.78. The zero-order chi connectivity index (χ0) is 39.4. The van der Waals surface area contributed by atoms with Crippen molar-refractivity contribution in [3.05, 3.63) is 177 Å². The predicted octanol–water partition coefficient (Wildman–Crippen LogP) is 8.32. The van der Waals surface area contributed by atoms with E-state index in [4.69, 9.17) is 10.7 Å². The van der Waals surface area contributed by atoms with Crippen LogP contribution in [0.1, 0.15) is 45.0 Å². The summed E-state index contributed by atoms with van der Waals surface area (Å²) in [5.41, 5.74) is 15.7. The van der Waals surface area contributed by atoms with Crippen LogP contribution in [0.2, 0.25) is 0 Å². The van der Waals surface area contributed by atoms with Crippen LogP contribution in [-0.4, -0.2) is 36.1 Å². The number of benzene rings is 5. The quantitative estimate of drug-likeness (QED) is 0.0751. The molecule has 6 rings (SSSR count). The van der Waals surface area contributed by atoms with Crippen LogP contribution in [-0.2, 0) is 30.1 Å². The zero-order valence-electron chi connectivity index (χ0n) is 30.2. The van der Waals surface area contributed by atoms with E-state index >= 15 is 0 Å². The van der Waals surface area contributed by atoms with E-state index in [-0.39, 0.29) is 15.8 Å². The standard InChI is InChI=1S/C16H17NO2S.C9H10.C7H7N3O2S.C7H9NO2S/c1-12-3-7-14(8-4-12)16-11-17(16)20(18,19)15-9-5-13(2)6-10-15;1-3-9-6-4-8(2)5-7-9;1-6-2-4-7(5-3-6)13(11,12)10-9-8;1-6-2-4-7(5-3-6)11(8,9)10/h3-10,16H,11H2,1-2H3;3-7H,1H2,2H3;2-5H,1H3;2-5H,1H3,(H2,8,9,10). The Hall–Kier alpha value is -5.08. The van der Waals surface area contributed by atoms with Crippen LogP contribution in [0.5, 0.6) is 0 Å². The molecule has 0 saturated carbocycles. The van der Waals surface area contributed by atoms with Gasteiger partial charge in [0.05, 0.1) is 20.7 Å². The second-order valence-electron chi connectivity index (χ2n) is 12.2. The number of rotatable bonds is 7. The molecule has 0 amide bonds. The van der Waals surface area contributed by atoms with Crippen molar-refractivity contribution in [2.45, 2.75) is 55.3 Å². The Morgan fingerprint density at radius 1 is 0.623 bits per heavy atom. The molecule has 2 unspecified atom stereocenters. The molecule has 14 heteroatoms. The minimum Gasteiger partial charge on any atom is -0.225 e. The largest absolute Gasteiger partial charge is 0.264 e. The van der Waals surface area contributed by atoms with Gasteiger partial charge in [-0.25, -0.2) is 30.4 Å². The van der Waals surface area contributed by atoms with E-state index in [1.165, 1.54) is 41.0 Å². The second-order valence-corrected chi connectivity index (χ2v) is 17.3. The molecule has 1 aliphatic heterocycles. The molecular weight excluding hydrogens is 731 g/mol. The topological polar surface area (TPSA) is 180 Å². The predicted molar refractivity (Wildman–Crippen MR) is 210 cm³/mol. The molecule has 0 bridgehead atoms. The molecule has 278 valence electrons. The fourth-order valence-corrected chi connectivity index (χ4v) is 7.26. The number of aryl methyl sites for hydroxylation is 5. The lowest BCUT2D eigenvalue weighted by atomic mass is 10.1. The first-order valence-corrected chi connectivity index (χ1v) is 20.6. The number of nitrogens with zero attached hydrogens (tertiary/aromatic N) is 4. The summed E-state index contributed by atoms with van der Waals surface area (Å²) in [6.45, 7) is 14.0. The van der Waals surface area contributed by atoms with Crippen molar-refractivity contribution in [2.75, 3.05) is 6.54 Å². The number of sulfonamides is 3. The van der Waals surface area contributed by atoms with E-state index in [1.54, 1.807) is 40.7 Å². The first-order valence-electron chi connectivity index (χ1n) is 16.2. The van der Waals surface area contributed by atoms with Crippen molar-refractivity contribution in [2.24, 2.45) is 9.66 Å². The summed E-state index contributed by atoms with van der Waals surface area (Å²) in [5, 5.41) is 4.88. The van der Waals surface area contributed by atoms with Crippen LogP contribution >= 0.6 is 0 Å². The molecule has 1 saturated heterocycles. The summed E-state index contributed by atoms with van der Waals surface area (Å²) in [6, 6.07) is 35.8. The fourth-order valence-electron chi connectivity index (χ4n) is 4.53. The molecule has 53 heavy (non-hydrogen) atoms. The second kappa shape index (κ2) is 18.6. The zero-order valence-corrected chi connectivity index (χ0v) is 32.6. The van der Waals surface area contributed by atoms with E-state index in [1.807, 2.05) is 70.2 Å². The monoisotopic (exact) mass is 773 g/mol. The van der Waals surface area contributed by atoms with Gasteiger partial charge in [-0.3, -0.25) is 0 Å². The van der Waals surface area contributed by atoms with Crippen molar-refractivity contribution in [1.29, 1.82) is 0 Å². The lowest BCUT2D eigenvalue weighted by molar-refractivity contribution is 0.554. The maximum Gasteiger partial charge on any atom is 0.264 e. The van der Waals surface area contributed by atoms with Crippen LogP contribution in [0.4, 0.5) is 0 Å². The molecule has 2 N–H and O–H groups in total. The van der Waals surface area contributed by atoms with Gasteiger partial charge in [-0.1, -0.05) is 125 Å². The Bertz CT molecular complexity index is 2360. The van der Waals surface area contributed by atoms with Crippen molar-refractivity contribution < 1.29 is 25.3 Å². The number of nitrogens with two attached hydrogens (primary N) is 1. The first-order chi connectivity index (χ1) is 24.9. The van der Waals surface area contributed by atoms with Crippen LogP contribution in [0, 0.1) is 34.6 Å². The summed E-state index contributed by atoms with van der Waals surface area (Å²) in [5.74, 6) is 0. The van der Waals surface area contributed by atoms with Crippen molar-refractivity contribution in [1.82, 2.24) is 4.31 Å². The van der Waals surface area contributed by atoms with Gasteiger partial charge in [0.2, 0.25) is 20.0 Å². The Balaban J connectivity index is 0.000000200. The van der Waals surface area contributed by atoms with E-state index in [0.29, 0.717) is 11.4 Å². The number of hydrogen-bond acceptors (Lipinski definition) is 6. The van der Waals surface area contributed by atoms with E-state index in [9.17, 15) is 25.3 Å². The highest BCUT2D eigenvalue weighted by Crippen LogP contribution is 2.40. The van der Waals surface area contributed by atoms with E-state index in [2.05, 4.69) is 47.2 Å². The molecule has 1 fully saturated rings. The third-order valence-corrected chi connectivity index (χ3v) is 11.8. The summed E-state index contributed by atoms with van der Waals surface area (Å²) < 4.78 is 72.9. The molecule has 5 aromatic carbocycles. The molecule has 11 nitrogen and oxygen atoms in total. The van der Waals surface area contributed by atoms with Gasteiger partial charge < -0.3 is 0 Å².